The van der Waals surface area contributed by atoms with Crippen molar-refractivity contribution in [2.24, 2.45) is 0 Å². The maximum Gasteiger partial charge on any atom is 0.276 e. The quantitative estimate of drug-likeness (QED) is 0.648. The molecule has 0 aliphatic carbocycles. The van der Waals surface area contributed by atoms with Crippen molar-refractivity contribution >= 4 is 28.7 Å². The molecule has 0 fully saturated rings. The highest BCUT2D eigenvalue weighted by molar-refractivity contribution is 6.02. The van der Waals surface area contributed by atoms with Gasteiger partial charge >= 0.3 is 0 Å². The zero-order valence-electron chi connectivity index (χ0n) is 9.92. The van der Waals surface area contributed by atoms with Crippen molar-refractivity contribution in [1.82, 2.24) is 15.0 Å². The van der Waals surface area contributed by atoms with Crippen molar-refractivity contribution in [3.8, 4) is 0 Å². The Labute approximate surface area is 108 Å². The zero-order chi connectivity index (χ0) is 13.2. The van der Waals surface area contributed by atoms with Crippen molar-refractivity contribution in [3.63, 3.8) is 0 Å². The number of hydrogen-bond donors (Lipinski definition) is 3. The van der Waals surface area contributed by atoms with Gasteiger partial charge in [0.15, 0.2) is 0 Å². The van der Waals surface area contributed by atoms with E-state index in [1.165, 1.54) is 0 Å². The number of H-pyrrole nitrogens is 1. The second-order valence-corrected chi connectivity index (χ2v) is 4.00. The first-order valence-corrected chi connectivity index (χ1v) is 5.71. The number of imidazole rings is 1. The highest BCUT2D eigenvalue weighted by atomic mass is 16.2. The number of pyridine rings is 1. The van der Waals surface area contributed by atoms with Crippen LogP contribution in [0.5, 0.6) is 0 Å². The molecule has 94 valence electrons. The second-order valence-electron chi connectivity index (χ2n) is 4.00. The van der Waals surface area contributed by atoms with Crippen LogP contribution in [-0.2, 0) is 0 Å². The monoisotopic (exact) mass is 253 g/mol. The lowest BCUT2D eigenvalue weighted by Gasteiger charge is -2.01. The lowest BCUT2D eigenvalue weighted by molar-refractivity contribution is 0.102. The van der Waals surface area contributed by atoms with E-state index >= 15 is 0 Å². The number of hydrogen-bond acceptors (Lipinski definition) is 4. The van der Waals surface area contributed by atoms with Crippen molar-refractivity contribution in [2.75, 3.05) is 11.1 Å². The first kappa shape index (κ1) is 11.2. The number of para-hydroxylation sites is 2. The van der Waals surface area contributed by atoms with Crippen molar-refractivity contribution < 1.29 is 4.79 Å². The van der Waals surface area contributed by atoms with E-state index in [9.17, 15) is 4.79 Å². The summed E-state index contributed by atoms with van der Waals surface area (Å²) in [6, 6.07) is 12.4. The number of amides is 1. The Hall–Kier alpha value is -2.89. The van der Waals surface area contributed by atoms with E-state index in [1.807, 2.05) is 24.3 Å². The molecule has 4 N–H and O–H groups in total. The van der Waals surface area contributed by atoms with Crippen LogP contribution in [0.25, 0.3) is 11.0 Å². The largest absolute Gasteiger partial charge is 0.384 e. The second kappa shape index (κ2) is 4.41. The maximum absolute atomic E-state index is 12.0. The number of carbonyl (C=O) groups is 1. The van der Waals surface area contributed by atoms with Gasteiger partial charge in [0, 0.05) is 0 Å². The Morgan fingerprint density at radius 1 is 1.11 bits per heavy atom. The molecule has 2 aromatic heterocycles. The molecular formula is C13H11N5O. The average Bonchev–Trinajstić information content (AvgIpc) is 2.80. The lowest BCUT2D eigenvalue weighted by Crippen LogP contribution is -2.15. The topological polar surface area (TPSA) is 96.7 Å². The van der Waals surface area contributed by atoms with Gasteiger partial charge < -0.3 is 10.7 Å². The van der Waals surface area contributed by atoms with Gasteiger partial charge in [-0.25, -0.2) is 9.97 Å². The molecule has 0 saturated carbocycles. The Balaban J connectivity index is 1.86. The third-order valence-electron chi connectivity index (χ3n) is 2.62. The van der Waals surface area contributed by atoms with E-state index in [-0.39, 0.29) is 11.6 Å². The highest BCUT2D eigenvalue weighted by Crippen LogP contribution is 2.14. The number of nitrogens with two attached hydrogens (primary N) is 1. The molecule has 2 heterocycles. The van der Waals surface area contributed by atoms with Gasteiger partial charge in [0.05, 0.1) is 11.0 Å². The van der Waals surface area contributed by atoms with Crippen molar-refractivity contribution in [2.45, 2.75) is 0 Å². The number of carbonyl (C=O) groups excluding carboxylic acids is 1. The fourth-order valence-corrected chi connectivity index (χ4v) is 1.76. The summed E-state index contributed by atoms with van der Waals surface area (Å²) in [4.78, 5) is 23.2. The Kier molecular flexibility index (Phi) is 2.60. The minimum atomic E-state index is -0.355. The van der Waals surface area contributed by atoms with Gasteiger partial charge in [0.25, 0.3) is 5.91 Å². The van der Waals surface area contributed by atoms with Crippen LogP contribution in [0.4, 0.5) is 11.8 Å². The van der Waals surface area contributed by atoms with E-state index in [0.29, 0.717) is 11.8 Å². The summed E-state index contributed by atoms with van der Waals surface area (Å²) < 4.78 is 0. The fourth-order valence-electron chi connectivity index (χ4n) is 1.76. The van der Waals surface area contributed by atoms with Gasteiger partial charge in [0.2, 0.25) is 5.95 Å². The summed E-state index contributed by atoms with van der Waals surface area (Å²) in [6.07, 6.45) is 0. The molecule has 19 heavy (non-hydrogen) atoms. The summed E-state index contributed by atoms with van der Waals surface area (Å²) in [5.74, 6) is 0.332. The van der Waals surface area contributed by atoms with E-state index in [4.69, 9.17) is 5.73 Å². The molecule has 0 aliphatic rings. The molecule has 3 rings (SSSR count). The maximum atomic E-state index is 12.0. The SMILES string of the molecule is Nc1cccc(C(=O)Nc2nc3ccccc3[nH]2)n1. The molecule has 3 aromatic rings. The van der Waals surface area contributed by atoms with Crippen molar-refractivity contribution in [1.29, 1.82) is 0 Å². The minimum absolute atomic E-state index is 0.250. The number of aromatic amines is 1. The molecular weight excluding hydrogens is 242 g/mol. The Morgan fingerprint density at radius 3 is 2.74 bits per heavy atom. The van der Waals surface area contributed by atoms with Crippen molar-refractivity contribution in [3.05, 3.63) is 48.2 Å². The van der Waals surface area contributed by atoms with Crippen LogP contribution < -0.4 is 11.1 Å². The highest BCUT2D eigenvalue weighted by Gasteiger charge is 2.10. The molecule has 6 heteroatoms. The number of nitrogens with zero attached hydrogens (tertiary/aromatic N) is 2. The first-order chi connectivity index (χ1) is 9.22. The number of nitrogens with one attached hydrogen (secondary N) is 2. The molecule has 1 aromatic carbocycles. The Morgan fingerprint density at radius 2 is 1.95 bits per heavy atom. The van der Waals surface area contributed by atoms with Crippen LogP contribution in [-0.4, -0.2) is 20.9 Å². The van der Waals surface area contributed by atoms with Crippen LogP contribution in [0.3, 0.4) is 0 Å². The Bertz CT molecular complexity index is 716. The van der Waals surface area contributed by atoms with Crippen LogP contribution in [0.15, 0.2) is 42.5 Å². The fraction of sp³-hybridized carbons (Fsp3) is 0. The third-order valence-corrected chi connectivity index (χ3v) is 2.62. The van der Waals surface area contributed by atoms with Gasteiger partial charge in [-0.1, -0.05) is 18.2 Å². The number of anilines is 2. The van der Waals surface area contributed by atoms with E-state index in [2.05, 4.69) is 20.3 Å². The van der Waals surface area contributed by atoms with E-state index in [1.54, 1.807) is 18.2 Å². The predicted molar refractivity (Wildman–Crippen MR) is 72.7 cm³/mol. The summed E-state index contributed by atoms with van der Waals surface area (Å²) >= 11 is 0. The average molecular weight is 253 g/mol. The number of aromatic nitrogens is 3. The van der Waals surface area contributed by atoms with Crippen LogP contribution in [0.2, 0.25) is 0 Å². The number of benzene rings is 1. The van der Waals surface area contributed by atoms with Crippen LogP contribution >= 0.6 is 0 Å². The summed E-state index contributed by atoms with van der Waals surface area (Å²) in [5.41, 5.74) is 7.44. The van der Waals surface area contributed by atoms with E-state index < -0.39 is 0 Å². The molecule has 0 spiro atoms. The number of nitrogen functional groups attached to an aromatic ring is 1. The number of rotatable bonds is 2. The normalized spacial score (nSPS) is 10.5. The summed E-state index contributed by atoms with van der Waals surface area (Å²) in [6.45, 7) is 0. The third kappa shape index (κ3) is 2.23. The summed E-state index contributed by atoms with van der Waals surface area (Å²) in [5, 5.41) is 2.65. The standard InChI is InChI=1S/C13H11N5O/c14-11-7-3-6-10(15-11)12(19)18-13-16-8-4-1-2-5-9(8)17-13/h1-7H,(H2,14,15)(H2,16,17,18,19). The predicted octanol–water partition coefficient (Wildman–Crippen LogP) is 1.79. The van der Waals surface area contributed by atoms with Crippen LogP contribution in [0.1, 0.15) is 10.5 Å². The molecule has 0 aliphatic heterocycles. The van der Waals surface area contributed by atoms with Gasteiger partial charge in [-0.15, -0.1) is 0 Å². The molecule has 0 atom stereocenters. The smallest absolute Gasteiger partial charge is 0.276 e. The van der Waals surface area contributed by atoms with E-state index in [0.717, 1.165) is 11.0 Å². The lowest BCUT2D eigenvalue weighted by atomic mass is 10.3. The minimum Gasteiger partial charge on any atom is -0.384 e. The molecule has 1 amide bonds. The summed E-state index contributed by atoms with van der Waals surface area (Å²) in [7, 11) is 0. The number of fused-ring (bicyclic) bond motifs is 1. The molecule has 0 radical (unpaired) electrons. The first-order valence-electron chi connectivity index (χ1n) is 5.71. The molecule has 0 saturated heterocycles. The van der Waals surface area contributed by atoms with Gasteiger partial charge in [-0.05, 0) is 24.3 Å². The van der Waals surface area contributed by atoms with Gasteiger partial charge in [-0.3, -0.25) is 10.1 Å². The molecule has 6 nitrogen and oxygen atoms in total. The zero-order valence-corrected chi connectivity index (χ0v) is 9.92. The van der Waals surface area contributed by atoms with Crippen LogP contribution in [0, 0.1) is 0 Å². The van der Waals surface area contributed by atoms with Gasteiger partial charge in [-0.2, -0.15) is 0 Å². The molecule has 0 unspecified atom stereocenters. The molecule has 0 bridgehead atoms. The van der Waals surface area contributed by atoms with Gasteiger partial charge in [0.1, 0.15) is 11.5 Å².